The first-order chi connectivity index (χ1) is 6.06. The Morgan fingerprint density at radius 1 is 1.54 bits per heavy atom. The largest absolute Gasteiger partial charge is 0.494 e. The highest BCUT2D eigenvalue weighted by Crippen LogP contribution is 2.26. The Morgan fingerprint density at radius 3 is 2.62 bits per heavy atom. The zero-order chi connectivity index (χ0) is 10.0. The quantitative estimate of drug-likeness (QED) is 0.751. The molecule has 0 radical (unpaired) electrons. The van der Waals surface area contributed by atoms with E-state index in [-0.39, 0.29) is 11.5 Å². The highest BCUT2D eigenvalue weighted by molar-refractivity contribution is 9.10. The lowest BCUT2D eigenvalue weighted by Crippen LogP contribution is -1.97. The van der Waals surface area contributed by atoms with Gasteiger partial charge in [-0.05, 0) is 35.0 Å². The third kappa shape index (κ3) is 2.06. The van der Waals surface area contributed by atoms with Crippen LogP contribution in [0.1, 0.15) is 17.3 Å². The van der Waals surface area contributed by atoms with Crippen molar-refractivity contribution in [3.63, 3.8) is 0 Å². The minimum absolute atomic E-state index is 0.122. The van der Waals surface area contributed by atoms with Crippen LogP contribution in [0.3, 0.4) is 0 Å². The Bertz CT molecular complexity index is 350. The molecule has 0 aliphatic carbocycles. The maximum Gasteiger partial charge on any atom is 0.165 e. The number of Topliss-reactive ketones (excluding diaryl/α,β-unsaturated/α-hetero) is 1. The van der Waals surface area contributed by atoms with Gasteiger partial charge in [0.15, 0.2) is 17.3 Å². The molecule has 0 bridgehead atoms. The number of ether oxygens (including phenoxy) is 1. The van der Waals surface area contributed by atoms with Crippen LogP contribution < -0.4 is 4.74 Å². The van der Waals surface area contributed by atoms with E-state index in [2.05, 4.69) is 15.9 Å². The van der Waals surface area contributed by atoms with Crippen molar-refractivity contribution in [1.29, 1.82) is 0 Å². The monoisotopic (exact) mass is 246 g/mol. The number of benzene rings is 1. The van der Waals surface area contributed by atoms with E-state index in [0.717, 1.165) is 6.07 Å². The van der Waals surface area contributed by atoms with Crippen molar-refractivity contribution >= 4 is 21.7 Å². The highest BCUT2D eigenvalue weighted by atomic mass is 79.9. The number of hydrogen-bond acceptors (Lipinski definition) is 2. The molecule has 13 heavy (non-hydrogen) atoms. The standard InChI is InChI=1S/C9H8BrFO2/c1-5(12)6-3-8(11)9(13-2)4-7(6)10/h3-4H,1-2H3. The van der Waals surface area contributed by atoms with Crippen molar-refractivity contribution in [2.75, 3.05) is 7.11 Å². The number of rotatable bonds is 2. The topological polar surface area (TPSA) is 26.3 Å². The number of carbonyl (C=O) groups excluding carboxylic acids is 1. The van der Waals surface area contributed by atoms with Crippen molar-refractivity contribution in [2.45, 2.75) is 6.92 Å². The van der Waals surface area contributed by atoms with Crippen LogP contribution in [0.15, 0.2) is 16.6 Å². The second kappa shape index (κ2) is 3.87. The van der Waals surface area contributed by atoms with E-state index in [1.54, 1.807) is 0 Å². The van der Waals surface area contributed by atoms with Crippen molar-refractivity contribution in [3.05, 3.63) is 28.0 Å². The molecule has 0 aliphatic heterocycles. The highest BCUT2D eigenvalue weighted by Gasteiger charge is 2.11. The van der Waals surface area contributed by atoms with Gasteiger partial charge in [-0.25, -0.2) is 4.39 Å². The van der Waals surface area contributed by atoms with Crippen LogP contribution in [0.2, 0.25) is 0 Å². The van der Waals surface area contributed by atoms with Gasteiger partial charge in [0, 0.05) is 10.0 Å². The maximum absolute atomic E-state index is 13.1. The molecular weight excluding hydrogens is 239 g/mol. The van der Waals surface area contributed by atoms with Crippen LogP contribution in [0.5, 0.6) is 5.75 Å². The fourth-order valence-corrected chi connectivity index (χ4v) is 1.56. The summed E-state index contributed by atoms with van der Waals surface area (Å²) in [6.07, 6.45) is 0. The summed E-state index contributed by atoms with van der Waals surface area (Å²) in [5.41, 5.74) is 0.318. The zero-order valence-electron chi connectivity index (χ0n) is 7.23. The van der Waals surface area contributed by atoms with Gasteiger partial charge in [-0.15, -0.1) is 0 Å². The molecule has 0 saturated carbocycles. The molecule has 0 spiro atoms. The molecule has 70 valence electrons. The van der Waals surface area contributed by atoms with E-state index in [1.165, 1.54) is 20.1 Å². The molecule has 1 rings (SSSR count). The van der Waals surface area contributed by atoms with E-state index < -0.39 is 5.82 Å². The summed E-state index contributed by atoms with van der Waals surface area (Å²) in [5.74, 6) is -0.596. The first-order valence-electron chi connectivity index (χ1n) is 3.60. The van der Waals surface area contributed by atoms with Crippen LogP contribution in [0.4, 0.5) is 4.39 Å². The molecule has 0 unspecified atom stereocenters. The lowest BCUT2D eigenvalue weighted by Gasteiger charge is -2.05. The minimum Gasteiger partial charge on any atom is -0.494 e. The molecule has 0 aliphatic rings. The molecule has 0 heterocycles. The fourth-order valence-electron chi connectivity index (χ4n) is 0.955. The molecule has 1 aromatic rings. The van der Waals surface area contributed by atoms with Gasteiger partial charge >= 0.3 is 0 Å². The molecule has 2 nitrogen and oxygen atoms in total. The van der Waals surface area contributed by atoms with E-state index in [9.17, 15) is 9.18 Å². The van der Waals surface area contributed by atoms with Gasteiger partial charge in [0.05, 0.1) is 7.11 Å². The lowest BCUT2D eigenvalue weighted by atomic mass is 10.1. The summed E-state index contributed by atoms with van der Waals surface area (Å²) >= 11 is 3.16. The Labute approximate surface area is 83.8 Å². The second-order valence-corrected chi connectivity index (χ2v) is 3.38. The molecular formula is C9H8BrFO2. The van der Waals surface area contributed by atoms with Crippen LogP contribution in [-0.2, 0) is 0 Å². The molecule has 0 aromatic heterocycles. The minimum atomic E-state index is -0.532. The summed E-state index contributed by atoms with van der Waals surface area (Å²) in [5, 5.41) is 0. The van der Waals surface area contributed by atoms with Crippen molar-refractivity contribution in [2.24, 2.45) is 0 Å². The van der Waals surface area contributed by atoms with Crippen molar-refractivity contribution in [3.8, 4) is 5.75 Å². The van der Waals surface area contributed by atoms with Crippen LogP contribution in [-0.4, -0.2) is 12.9 Å². The smallest absolute Gasteiger partial charge is 0.165 e. The van der Waals surface area contributed by atoms with E-state index in [0.29, 0.717) is 10.0 Å². The second-order valence-electron chi connectivity index (χ2n) is 2.52. The van der Waals surface area contributed by atoms with Crippen molar-refractivity contribution < 1.29 is 13.9 Å². The van der Waals surface area contributed by atoms with Gasteiger partial charge in [-0.2, -0.15) is 0 Å². The van der Waals surface area contributed by atoms with Gasteiger partial charge < -0.3 is 4.74 Å². The number of methoxy groups -OCH3 is 1. The number of hydrogen-bond donors (Lipinski definition) is 0. The first-order valence-corrected chi connectivity index (χ1v) is 4.39. The number of halogens is 2. The summed E-state index contributed by atoms with van der Waals surface area (Å²) in [6, 6.07) is 2.59. The van der Waals surface area contributed by atoms with Crippen LogP contribution in [0, 0.1) is 5.82 Å². The maximum atomic E-state index is 13.1. The van der Waals surface area contributed by atoms with Gasteiger partial charge in [0.2, 0.25) is 0 Å². The third-order valence-electron chi connectivity index (χ3n) is 1.62. The summed E-state index contributed by atoms with van der Waals surface area (Å²) in [7, 11) is 1.37. The zero-order valence-corrected chi connectivity index (χ0v) is 8.81. The van der Waals surface area contributed by atoms with E-state index in [1.807, 2.05) is 0 Å². The Kier molecular flexibility index (Phi) is 3.03. The normalized spacial score (nSPS) is 9.85. The predicted octanol–water partition coefficient (Wildman–Crippen LogP) is 2.80. The van der Waals surface area contributed by atoms with Gasteiger partial charge in [0.25, 0.3) is 0 Å². The van der Waals surface area contributed by atoms with E-state index >= 15 is 0 Å². The molecule has 0 N–H and O–H groups in total. The molecule has 1 aromatic carbocycles. The molecule has 4 heteroatoms. The summed E-state index contributed by atoms with van der Waals surface area (Å²) in [4.78, 5) is 11.0. The SMILES string of the molecule is COc1cc(Br)c(C(C)=O)cc1F. The van der Waals surface area contributed by atoms with Gasteiger partial charge in [0.1, 0.15) is 0 Å². The molecule has 0 atom stereocenters. The average molecular weight is 247 g/mol. The number of ketones is 1. The van der Waals surface area contributed by atoms with Crippen molar-refractivity contribution in [1.82, 2.24) is 0 Å². The summed E-state index contributed by atoms with van der Waals surface area (Å²) < 4.78 is 18.4. The molecule has 0 saturated heterocycles. The van der Waals surface area contributed by atoms with Gasteiger partial charge in [-0.3, -0.25) is 4.79 Å². The third-order valence-corrected chi connectivity index (χ3v) is 2.28. The Balaban J connectivity index is 3.28. The Hall–Kier alpha value is -0.900. The van der Waals surface area contributed by atoms with Gasteiger partial charge in [-0.1, -0.05) is 0 Å². The van der Waals surface area contributed by atoms with Crippen LogP contribution in [0.25, 0.3) is 0 Å². The predicted molar refractivity (Wildman–Crippen MR) is 50.7 cm³/mol. The Morgan fingerprint density at radius 2 is 2.15 bits per heavy atom. The average Bonchev–Trinajstić information content (AvgIpc) is 2.07. The summed E-state index contributed by atoms with van der Waals surface area (Å²) in [6.45, 7) is 1.38. The molecule has 0 fully saturated rings. The van der Waals surface area contributed by atoms with E-state index in [4.69, 9.17) is 4.74 Å². The lowest BCUT2D eigenvalue weighted by molar-refractivity contribution is 0.101. The fraction of sp³-hybridized carbons (Fsp3) is 0.222. The molecule has 0 amide bonds. The number of carbonyl (C=O) groups is 1. The first kappa shape index (κ1) is 10.2. The van der Waals surface area contributed by atoms with Crippen LogP contribution >= 0.6 is 15.9 Å².